The van der Waals surface area contributed by atoms with Crippen molar-refractivity contribution in [2.24, 2.45) is 0 Å². The minimum Gasteiger partial charge on any atom is -0.351 e. The van der Waals surface area contributed by atoms with Gasteiger partial charge >= 0.3 is 0 Å². The Morgan fingerprint density at radius 2 is 1.84 bits per heavy atom. The summed E-state index contributed by atoms with van der Waals surface area (Å²) < 4.78 is 0. The summed E-state index contributed by atoms with van der Waals surface area (Å²) in [5.41, 5.74) is 2.61. The summed E-state index contributed by atoms with van der Waals surface area (Å²) in [6.07, 6.45) is 7.91. The van der Waals surface area contributed by atoms with E-state index in [1.807, 2.05) is 0 Å². The molecule has 0 atom stereocenters. The minimum absolute atomic E-state index is 0.0467. The molecule has 3 rings (SSSR count). The van der Waals surface area contributed by atoms with Crippen LogP contribution in [0.3, 0.4) is 0 Å². The van der Waals surface area contributed by atoms with Gasteiger partial charge in [0, 0.05) is 5.54 Å². The van der Waals surface area contributed by atoms with Crippen molar-refractivity contribution in [1.29, 1.82) is 0 Å². The number of hydrogen-bond acceptors (Lipinski definition) is 1. The lowest BCUT2D eigenvalue weighted by Crippen LogP contribution is -2.44. The van der Waals surface area contributed by atoms with Crippen LogP contribution in [0.25, 0.3) is 0 Å². The predicted molar refractivity (Wildman–Crippen MR) is 77.1 cm³/mol. The van der Waals surface area contributed by atoms with Gasteiger partial charge in [0.25, 0.3) is 0 Å². The van der Waals surface area contributed by atoms with Crippen molar-refractivity contribution in [2.75, 3.05) is 0 Å². The third kappa shape index (κ3) is 3.17. The van der Waals surface area contributed by atoms with Crippen molar-refractivity contribution in [3.63, 3.8) is 0 Å². The second-order valence-corrected chi connectivity index (χ2v) is 6.51. The quantitative estimate of drug-likeness (QED) is 0.878. The molecule has 1 N–H and O–H groups in total. The highest BCUT2D eigenvalue weighted by atomic mass is 16.1. The second-order valence-electron chi connectivity index (χ2n) is 6.51. The molecule has 0 saturated heterocycles. The molecule has 2 fully saturated rings. The van der Waals surface area contributed by atoms with Gasteiger partial charge in [-0.15, -0.1) is 0 Å². The van der Waals surface area contributed by atoms with E-state index in [0.29, 0.717) is 6.42 Å². The van der Waals surface area contributed by atoms with Crippen molar-refractivity contribution in [2.45, 2.75) is 63.3 Å². The van der Waals surface area contributed by atoms with E-state index in [-0.39, 0.29) is 11.4 Å². The number of hydrogen-bond donors (Lipinski definition) is 1. The van der Waals surface area contributed by atoms with Gasteiger partial charge in [-0.1, -0.05) is 37.1 Å². The zero-order chi connectivity index (χ0) is 13.3. The van der Waals surface area contributed by atoms with Gasteiger partial charge in [0.2, 0.25) is 5.91 Å². The highest BCUT2D eigenvalue weighted by Gasteiger charge is 2.30. The molecule has 2 heteroatoms. The molecule has 0 bridgehead atoms. The smallest absolute Gasteiger partial charge is 0.224 e. The molecule has 2 aliphatic rings. The van der Waals surface area contributed by atoms with Crippen LogP contribution in [0.1, 0.15) is 62.5 Å². The molecule has 0 aromatic heterocycles. The van der Waals surface area contributed by atoms with Crippen LogP contribution in [0.4, 0.5) is 0 Å². The lowest BCUT2D eigenvalue weighted by Gasteiger charge is -2.25. The normalized spacial score (nSPS) is 21.3. The zero-order valence-corrected chi connectivity index (χ0v) is 11.7. The summed E-state index contributed by atoms with van der Waals surface area (Å²) >= 11 is 0. The van der Waals surface area contributed by atoms with Crippen LogP contribution in [0.15, 0.2) is 24.3 Å². The maximum atomic E-state index is 12.1. The van der Waals surface area contributed by atoms with E-state index in [4.69, 9.17) is 0 Å². The molecule has 1 aromatic carbocycles. The highest BCUT2D eigenvalue weighted by molar-refractivity contribution is 5.79. The molecule has 19 heavy (non-hydrogen) atoms. The maximum Gasteiger partial charge on any atom is 0.224 e. The van der Waals surface area contributed by atoms with Gasteiger partial charge in [-0.25, -0.2) is 0 Å². The second kappa shape index (κ2) is 4.99. The fourth-order valence-electron chi connectivity index (χ4n) is 3.17. The van der Waals surface area contributed by atoms with Crippen LogP contribution in [0, 0.1) is 0 Å². The molecule has 0 heterocycles. The molecule has 0 unspecified atom stereocenters. The van der Waals surface area contributed by atoms with Gasteiger partial charge < -0.3 is 5.32 Å². The number of amides is 1. The number of benzene rings is 1. The summed E-state index contributed by atoms with van der Waals surface area (Å²) in [7, 11) is 0. The fraction of sp³-hybridized carbons (Fsp3) is 0.588. The molecule has 1 aromatic rings. The molecule has 1 amide bonds. The van der Waals surface area contributed by atoms with Crippen LogP contribution in [-0.4, -0.2) is 11.4 Å². The maximum absolute atomic E-state index is 12.1. The Kier molecular flexibility index (Phi) is 3.34. The van der Waals surface area contributed by atoms with Gasteiger partial charge in [-0.3, -0.25) is 4.79 Å². The molecular formula is C17H23NO. The summed E-state index contributed by atoms with van der Waals surface area (Å²) in [4.78, 5) is 12.1. The molecule has 2 nitrogen and oxygen atoms in total. The van der Waals surface area contributed by atoms with Crippen molar-refractivity contribution in [1.82, 2.24) is 5.32 Å². The average Bonchev–Trinajstić information content (AvgIpc) is 3.13. The molecule has 0 spiro atoms. The highest BCUT2D eigenvalue weighted by Crippen LogP contribution is 2.39. The first kappa shape index (κ1) is 12.7. The van der Waals surface area contributed by atoms with E-state index in [2.05, 4.69) is 36.5 Å². The van der Waals surface area contributed by atoms with Crippen molar-refractivity contribution in [3.05, 3.63) is 35.4 Å². The summed E-state index contributed by atoms with van der Waals surface area (Å²) in [5.74, 6) is 0.962. The molecule has 0 radical (unpaired) electrons. The van der Waals surface area contributed by atoms with Crippen LogP contribution in [0.5, 0.6) is 0 Å². The molecule has 2 saturated carbocycles. The molecule has 102 valence electrons. The Labute approximate surface area is 115 Å². The van der Waals surface area contributed by atoms with Gasteiger partial charge in [0.05, 0.1) is 6.42 Å². The first-order valence-electron chi connectivity index (χ1n) is 7.54. The van der Waals surface area contributed by atoms with Crippen molar-refractivity contribution in [3.8, 4) is 0 Å². The van der Waals surface area contributed by atoms with Gasteiger partial charge in [-0.2, -0.15) is 0 Å². The Hall–Kier alpha value is -1.31. The Bertz CT molecular complexity index is 453. The Morgan fingerprint density at radius 1 is 1.21 bits per heavy atom. The SMILES string of the molecule is CC1(NC(=O)Cc2ccc(C3CC3)cc2)CCCC1. The van der Waals surface area contributed by atoms with Crippen molar-refractivity contribution >= 4 is 5.91 Å². The molecule has 2 aliphatic carbocycles. The first-order valence-corrected chi connectivity index (χ1v) is 7.54. The van der Waals surface area contributed by atoms with Gasteiger partial charge in [-0.05, 0) is 49.7 Å². The van der Waals surface area contributed by atoms with E-state index in [1.165, 1.54) is 31.2 Å². The van der Waals surface area contributed by atoms with Crippen LogP contribution >= 0.6 is 0 Å². The third-order valence-electron chi connectivity index (χ3n) is 4.54. The molecular weight excluding hydrogens is 234 g/mol. The number of carbonyl (C=O) groups excluding carboxylic acids is 1. The predicted octanol–water partition coefficient (Wildman–Crippen LogP) is 3.56. The van der Waals surface area contributed by atoms with E-state index in [1.54, 1.807) is 0 Å². The van der Waals surface area contributed by atoms with Crippen LogP contribution in [-0.2, 0) is 11.2 Å². The van der Waals surface area contributed by atoms with E-state index < -0.39 is 0 Å². The van der Waals surface area contributed by atoms with Gasteiger partial charge in [0.1, 0.15) is 0 Å². The Balaban J connectivity index is 1.56. The topological polar surface area (TPSA) is 29.1 Å². The minimum atomic E-state index is 0.0467. The average molecular weight is 257 g/mol. The number of carbonyl (C=O) groups is 1. The third-order valence-corrected chi connectivity index (χ3v) is 4.54. The summed E-state index contributed by atoms with van der Waals surface area (Å²) in [6, 6.07) is 8.61. The summed E-state index contributed by atoms with van der Waals surface area (Å²) in [5, 5.41) is 3.21. The van der Waals surface area contributed by atoms with E-state index in [0.717, 1.165) is 24.3 Å². The first-order chi connectivity index (χ1) is 9.15. The van der Waals surface area contributed by atoms with Crippen molar-refractivity contribution < 1.29 is 4.79 Å². The monoisotopic (exact) mass is 257 g/mol. The van der Waals surface area contributed by atoms with E-state index in [9.17, 15) is 4.79 Å². The number of nitrogens with one attached hydrogen (secondary N) is 1. The van der Waals surface area contributed by atoms with Crippen LogP contribution in [0.2, 0.25) is 0 Å². The lowest BCUT2D eigenvalue weighted by molar-refractivity contribution is -0.122. The van der Waals surface area contributed by atoms with Gasteiger partial charge in [0.15, 0.2) is 0 Å². The largest absolute Gasteiger partial charge is 0.351 e. The fourth-order valence-corrected chi connectivity index (χ4v) is 3.17. The molecule has 0 aliphatic heterocycles. The summed E-state index contributed by atoms with van der Waals surface area (Å²) in [6.45, 7) is 2.17. The van der Waals surface area contributed by atoms with E-state index >= 15 is 0 Å². The number of rotatable bonds is 4. The standard InChI is InChI=1S/C17H23NO/c1-17(10-2-3-11-17)18-16(19)12-13-4-6-14(7-5-13)15-8-9-15/h4-7,15H,2-3,8-12H2,1H3,(H,18,19). The zero-order valence-electron chi connectivity index (χ0n) is 11.7. The lowest BCUT2D eigenvalue weighted by atomic mass is 9.99. The van der Waals surface area contributed by atoms with Crippen LogP contribution < -0.4 is 5.32 Å². The Morgan fingerprint density at radius 3 is 2.42 bits per heavy atom.